The standard InChI is InChI=1S/C7H9Cl3O2/c1-5(12)2-6(4-11)3-7(8,9)10/h3,11H,2,4H2,1H3. The minimum Gasteiger partial charge on any atom is -0.392 e. The maximum atomic E-state index is 10.6. The molecular weight excluding hydrogens is 222 g/mol. The maximum Gasteiger partial charge on any atom is 0.209 e. The van der Waals surface area contributed by atoms with Gasteiger partial charge in [-0.25, -0.2) is 0 Å². The van der Waals surface area contributed by atoms with Gasteiger partial charge in [0.05, 0.1) is 6.61 Å². The summed E-state index contributed by atoms with van der Waals surface area (Å²) in [5, 5.41) is 8.74. The van der Waals surface area contributed by atoms with Crippen molar-refractivity contribution in [1.82, 2.24) is 0 Å². The SMILES string of the molecule is CC(=O)CC(=CC(Cl)(Cl)Cl)CO. The number of aliphatic hydroxyl groups is 1. The number of ketones is 1. The van der Waals surface area contributed by atoms with Crippen molar-refractivity contribution in [3.63, 3.8) is 0 Å². The zero-order valence-electron chi connectivity index (χ0n) is 6.48. The molecule has 0 unspecified atom stereocenters. The fourth-order valence-electron chi connectivity index (χ4n) is 0.704. The lowest BCUT2D eigenvalue weighted by Crippen LogP contribution is -2.04. The average molecular weight is 232 g/mol. The number of hydrogen-bond acceptors (Lipinski definition) is 2. The molecule has 0 saturated heterocycles. The van der Waals surface area contributed by atoms with E-state index in [0.29, 0.717) is 5.57 Å². The second-order valence-electron chi connectivity index (χ2n) is 2.38. The summed E-state index contributed by atoms with van der Waals surface area (Å²) in [4.78, 5) is 10.6. The van der Waals surface area contributed by atoms with Gasteiger partial charge in [0.25, 0.3) is 0 Å². The van der Waals surface area contributed by atoms with Crippen LogP contribution < -0.4 is 0 Å². The van der Waals surface area contributed by atoms with Crippen molar-refractivity contribution in [3.8, 4) is 0 Å². The van der Waals surface area contributed by atoms with Crippen molar-refractivity contribution < 1.29 is 9.90 Å². The lowest BCUT2D eigenvalue weighted by molar-refractivity contribution is -0.116. The van der Waals surface area contributed by atoms with E-state index < -0.39 is 3.79 Å². The molecular formula is C7H9Cl3O2. The summed E-state index contributed by atoms with van der Waals surface area (Å²) >= 11 is 16.3. The first kappa shape index (κ1) is 12.2. The van der Waals surface area contributed by atoms with Crippen LogP contribution in [0, 0.1) is 0 Å². The first-order valence-corrected chi connectivity index (χ1v) is 4.36. The predicted molar refractivity (Wildman–Crippen MR) is 50.8 cm³/mol. The second kappa shape index (κ2) is 5.07. The van der Waals surface area contributed by atoms with Gasteiger partial charge in [-0.05, 0) is 18.6 Å². The van der Waals surface area contributed by atoms with Crippen molar-refractivity contribution in [3.05, 3.63) is 11.6 Å². The van der Waals surface area contributed by atoms with Crippen molar-refractivity contribution in [2.24, 2.45) is 0 Å². The number of halogens is 3. The molecule has 0 spiro atoms. The number of hydrogen-bond donors (Lipinski definition) is 1. The number of carbonyl (C=O) groups excluding carboxylic acids is 1. The van der Waals surface area contributed by atoms with Crippen LogP contribution in [0.15, 0.2) is 11.6 Å². The highest BCUT2D eigenvalue weighted by Gasteiger charge is 2.17. The number of aliphatic hydroxyl groups excluding tert-OH is 1. The number of allylic oxidation sites excluding steroid dienone is 1. The highest BCUT2D eigenvalue weighted by molar-refractivity contribution is 6.69. The van der Waals surface area contributed by atoms with E-state index in [1.165, 1.54) is 13.0 Å². The van der Waals surface area contributed by atoms with E-state index in [4.69, 9.17) is 39.9 Å². The molecule has 0 radical (unpaired) electrons. The van der Waals surface area contributed by atoms with Gasteiger partial charge in [0.2, 0.25) is 3.79 Å². The maximum absolute atomic E-state index is 10.6. The summed E-state index contributed by atoms with van der Waals surface area (Å²) in [6, 6.07) is 0. The van der Waals surface area contributed by atoms with Crippen LogP contribution in [0.25, 0.3) is 0 Å². The van der Waals surface area contributed by atoms with Gasteiger partial charge >= 0.3 is 0 Å². The van der Waals surface area contributed by atoms with E-state index in [2.05, 4.69) is 0 Å². The summed E-state index contributed by atoms with van der Waals surface area (Å²) < 4.78 is -1.55. The van der Waals surface area contributed by atoms with Gasteiger partial charge in [0.1, 0.15) is 5.78 Å². The van der Waals surface area contributed by atoms with Crippen LogP contribution in [0.4, 0.5) is 0 Å². The third kappa shape index (κ3) is 6.92. The molecule has 5 heteroatoms. The Hall–Kier alpha value is 0.240. The van der Waals surface area contributed by atoms with Gasteiger partial charge in [-0.1, -0.05) is 34.8 Å². The first-order chi connectivity index (χ1) is 5.35. The van der Waals surface area contributed by atoms with Gasteiger partial charge in [-0.15, -0.1) is 0 Å². The quantitative estimate of drug-likeness (QED) is 0.597. The van der Waals surface area contributed by atoms with Crippen LogP contribution in [-0.2, 0) is 4.79 Å². The van der Waals surface area contributed by atoms with Crippen LogP contribution in [-0.4, -0.2) is 21.3 Å². The van der Waals surface area contributed by atoms with Gasteiger partial charge < -0.3 is 5.11 Å². The molecule has 0 rings (SSSR count). The molecule has 0 aliphatic heterocycles. The molecule has 0 amide bonds. The predicted octanol–water partition coefficient (Wildman–Crippen LogP) is 2.25. The van der Waals surface area contributed by atoms with Crippen LogP contribution in [0.3, 0.4) is 0 Å². The fraction of sp³-hybridized carbons (Fsp3) is 0.571. The molecule has 1 N–H and O–H groups in total. The van der Waals surface area contributed by atoms with Crippen molar-refractivity contribution in [2.45, 2.75) is 17.1 Å². The first-order valence-electron chi connectivity index (χ1n) is 3.23. The Bertz CT molecular complexity index is 193. The summed E-state index contributed by atoms with van der Waals surface area (Å²) in [7, 11) is 0. The normalized spacial score (nSPS) is 13.2. The van der Waals surface area contributed by atoms with Crippen molar-refractivity contribution in [2.75, 3.05) is 6.61 Å². The Morgan fingerprint density at radius 2 is 2.00 bits per heavy atom. The summed E-state index contributed by atoms with van der Waals surface area (Å²) in [6.45, 7) is 1.13. The number of alkyl halides is 3. The average Bonchev–Trinajstić information content (AvgIpc) is 1.82. The lowest BCUT2D eigenvalue weighted by atomic mass is 10.1. The molecule has 0 aromatic carbocycles. The molecule has 0 bridgehead atoms. The van der Waals surface area contributed by atoms with E-state index in [-0.39, 0.29) is 18.8 Å². The Kier molecular flexibility index (Phi) is 5.18. The van der Waals surface area contributed by atoms with Gasteiger partial charge in [0, 0.05) is 6.42 Å². The Morgan fingerprint density at radius 3 is 2.25 bits per heavy atom. The second-order valence-corrected chi connectivity index (χ2v) is 4.75. The molecule has 70 valence electrons. The van der Waals surface area contributed by atoms with Gasteiger partial charge in [0.15, 0.2) is 0 Å². The van der Waals surface area contributed by atoms with Crippen LogP contribution in [0.5, 0.6) is 0 Å². The molecule has 0 fully saturated rings. The molecule has 0 aliphatic carbocycles. The number of rotatable bonds is 3. The highest BCUT2D eigenvalue weighted by atomic mass is 35.6. The van der Waals surface area contributed by atoms with Gasteiger partial charge in [-0.2, -0.15) is 0 Å². The summed E-state index contributed by atoms with van der Waals surface area (Å²) in [5.74, 6) is -0.0791. The van der Waals surface area contributed by atoms with Crippen molar-refractivity contribution in [1.29, 1.82) is 0 Å². The third-order valence-corrected chi connectivity index (χ3v) is 1.37. The van der Waals surface area contributed by atoms with E-state index in [1.54, 1.807) is 0 Å². The minimum absolute atomic E-state index is 0.0791. The van der Waals surface area contributed by atoms with Crippen LogP contribution >= 0.6 is 34.8 Å². The molecule has 0 saturated carbocycles. The molecule has 0 aliphatic rings. The smallest absolute Gasteiger partial charge is 0.209 e. The van der Waals surface area contributed by atoms with E-state index in [1.807, 2.05) is 0 Å². The minimum atomic E-state index is -1.55. The van der Waals surface area contributed by atoms with E-state index in [0.717, 1.165) is 0 Å². The van der Waals surface area contributed by atoms with Gasteiger partial charge in [-0.3, -0.25) is 4.79 Å². The highest BCUT2D eigenvalue weighted by Crippen LogP contribution is 2.29. The lowest BCUT2D eigenvalue weighted by Gasteiger charge is -2.07. The van der Waals surface area contributed by atoms with Crippen LogP contribution in [0.1, 0.15) is 13.3 Å². The summed E-state index contributed by atoms with van der Waals surface area (Å²) in [5.41, 5.74) is 0.419. The Balaban J connectivity index is 4.34. The number of Topliss-reactive ketones (excluding diaryl/α,β-unsaturated/α-hetero) is 1. The molecule has 0 aromatic heterocycles. The topological polar surface area (TPSA) is 37.3 Å². The van der Waals surface area contributed by atoms with E-state index in [9.17, 15) is 4.79 Å². The largest absolute Gasteiger partial charge is 0.392 e. The Labute approximate surface area is 86.1 Å². The zero-order chi connectivity index (χ0) is 9.78. The molecule has 0 atom stereocenters. The van der Waals surface area contributed by atoms with Crippen LogP contribution in [0.2, 0.25) is 0 Å². The molecule has 0 heterocycles. The van der Waals surface area contributed by atoms with Crippen molar-refractivity contribution >= 4 is 40.6 Å². The van der Waals surface area contributed by atoms with E-state index >= 15 is 0 Å². The monoisotopic (exact) mass is 230 g/mol. The number of carbonyl (C=O) groups is 1. The third-order valence-electron chi connectivity index (χ3n) is 1.05. The molecule has 2 nitrogen and oxygen atoms in total. The Morgan fingerprint density at radius 1 is 1.50 bits per heavy atom. The molecule has 12 heavy (non-hydrogen) atoms. The molecule has 0 aromatic rings. The summed E-state index contributed by atoms with van der Waals surface area (Å²) in [6.07, 6.45) is 1.36. The fourth-order valence-corrected chi connectivity index (χ4v) is 1.17. The zero-order valence-corrected chi connectivity index (χ0v) is 8.75.